The van der Waals surface area contributed by atoms with Crippen molar-refractivity contribution >= 4 is 67.1 Å². The van der Waals surface area contributed by atoms with Gasteiger partial charge < -0.3 is 19.6 Å². The van der Waals surface area contributed by atoms with Gasteiger partial charge in [0, 0.05) is 49.6 Å². The number of hydrogen-bond donors (Lipinski definition) is 3. The first kappa shape index (κ1) is 46.4. The molecule has 1 aliphatic carbocycles. The normalized spacial score (nSPS) is 20.6. The number of fused-ring (bicyclic) bond motifs is 3. The van der Waals surface area contributed by atoms with Crippen LogP contribution in [0.3, 0.4) is 0 Å². The molecule has 11 rings (SSSR count). The zero-order chi connectivity index (χ0) is 48.8. The molecule has 2 atom stereocenters. The molecule has 0 spiro atoms. The van der Waals surface area contributed by atoms with Crippen LogP contribution in [0.25, 0.3) is 32.2 Å². The maximum absolute atomic E-state index is 13.7. The Balaban J connectivity index is 0.677. The van der Waals surface area contributed by atoms with Crippen LogP contribution >= 0.6 is 11.3 Å². The van der Waals surface area contributed by atoms with E-state index < -0.39 is 11.9 Å². The molecular weight excluding hydrogens is 913 g/mol. The van der Waals surface area contributed by atoms with Gasteiger partial charge in [0.25, 0.3) is 5.91 Å². The summed E-state index contributed by atoms with van der Waals surface area (Å²) in [5, 5.41) is 22.3. The maximum Gasteiger partial charge on any atom is 0.355 e. The topological polar surface area (TPSA) is 172 Å². The Morgan fingerprint density at radius 1 is 0.887 bits per heavy atom. The molecule has 1 unspecified atom stereocenters. The highest BCUT2D eigenvalue weighted by Crippen LogP contribution is 2.39. The Morgan fingerprint density at radius 2 is 1.73 bits per heavy atom. The number of imide groups is 1. The van der Waals surface area contributed by atoms with Crippen LogP contribution in [0.2, 0.25) is 0 Å². The van der Waals surface area contributed by atoms with Crippen LogP contribution in [0.1, 0.15) is 118 Å². The maximum atomic E-state index is 13.7. The number of nitrogens with zero attached hydrogens (tertiary/aromatic N) is 6. The summed E-state index contributed by atoms with van der Waals surface area (Å²) in [6.07, 6.45) is 9.36. The van der Waals surface area contributed by atoms with Crippen molar-refractivity contribution in [1.82, 2.24) is 30.0 Å². The molecule has 3 aliphatic heterocycles. The summed E-state index contributed by atoms with van der Waals surface area (Å²) >= 11 is 1.44. The van der Waals surface area contributed by atoms with E-state index >= 15 is 0 Å². The second-order valence-corrected chi connectivity index (χ2v) is 20.9. The number of nitrogens with one attached hydrogen (secondary N) is 2. The van der Waals surface area contributed by atoms with E-state index in [1.54, 1.807) is 0 Å². The van der Waals surface area contributed by atoms with Crippen LogP contribution in [-0.4, -0.2) is 85.7 Å². The third-order valence-corrected chi connectivity index (χ3v) is 16.4. The Labute approximate surface area is 416 Å². The smallest absolute Gasteiger partial charge is 0.355 e. The summed E-state index contributed by atoms with van der Waals surface area (Å²) in [6, 6.07) is 29.8. The van der Waals surface area contributed by atoms with Gasteiger partial charge in [-0.25, -0.2) is 14.8 Å². The molecule has 3 fully saturated rings. The Hall–Kier alpha value is -6.97. The average Bonchev–Trinajstić information content (AvgIpc) is 4.11. The molecule has 15 heteroatoms. The van der Waals surface area contributed by atoms with E-state index in [0.717, 1.165) is 107 Å². The number of ether oxygens (including phenoxy) is 1. The average molecular weight is 971 g/mol. The molecule has 4 aliphatic rings. The van der Waals surface area contributed by atoms with Crippen LogP contribution in [-0.2, 0) is 29.6 Å². The van der Waals surface area contributed by atoms with Gasteiger partial charge >= 0.3 is 5.97 Å². The zero-order valence-corrected chi connectivity index (χ0v) is 41.0. The predicted molar refractivity (Wildman–Crippen MR) is 275 cm³/mol. The van der Waals surface area contributed by atoms with Crippen molar-refractivity contribution < 1.29 is 29.0 Å². The third kappa shape index (κ3) is 9.52. The van der Waals surface area contributed by atoms with Gasteiger partial charge in [0.2, 0.25) is 11.8 Å². The van der Waals surface area contributed by atoms with Gasteiger partial charge in [-0.15, -0.1) is 0 Å². The summed E-state index contributed by atoms with van der Waals surface area (Å²) in [4.78, 5) is 64.9. The number of amides is 3. The number of rotatable bonds is 13. The number of aromatic carboxylic acids is 1. The molecule has 14 nitrogen and oxygen atoms in total. The fourth-order valence-corrected chi connectivity index (χ4v) is 12.4. The lowest BCUT2D eigenvalue weighted by Crippen LogP contribution is -2.39. The quantitative estimate of drug-likeness (QED) is 0.0940. The largest absolute Gasteiger partial charge is 0.490 e. The van der Waals surface area contributed by atoms with Gasteiger partial charge in [0.05, 0.1) is 33.4 Å². The molecule has 0 radical (unpaired) electrons. The number of carbonyl (C=O) groups excluding carboxylic acids is 3. The second kappa shape index (κ2) is 19.7. The molecule has 2 saturated heterocycles. The first-order valence-electron chi connectivity index (χ1n) is 25.1. The van der Waals surface area contributed by atoms with Gasteiger partial charge in [0.1, 0.15) is 11.6 Å². The van der Waals surface area contributed by atoms with Crippen molar-refractivity contribution in [3.8, 4) is 16.9 Å². The molecule has 71 heavy (non-hydrogen) atoms. The minimum absolute atomic E-state index is 0.0198. The molecule has 364 valence electrons. The summed E-state index contributed by atoms with van der Waals surface area (Å²) < 4.78 is 9.57. The van der Waals surface area contributed by atoms with E-state index in [4.69, 9.17) is 14.8 Å². The lowest BCUT2D eigenvalue weighted by atomic mass is 9.84. The van der Waals surface area contributed by atoms with Crippen molar-refractivity contribution in [2.75, 3.05) is 36.4 Å². The van der Waals surface area contributed by atoms with Crippen molar-refractivity contribution in [2.24, 2.45) is 13.0 Å². The highest BCUT2D eigenvalue weighted by molar-refractivity contribution is 7.22. The SMILES string of the molecule is Cc1c(OC2CCC(CCCN3CC[C@H](c4ccc5c(C6CCC(=O)NC6=O)nn(C)c5c4)C3)CC2)cccc1-c1ccc(N2CCc3cccc(C(=O)Nc4nc5ccccc5s4)c3C2)nc1C(=O)O. The molecule has 1 saturated carbocycles. The summed E-state index contributed by atoms with van der Waals surface area (Å²) in [5.41, 5.74) is 8.69. The molecule has 4 aromatic carbocycles. The number of carboxylic acid groups (broad SMARTS) is 1. The van der Waals surface area contributed by atoms with Crippen molar-refractivity contribution in [1.29, 1.82) is 0 Å². The number of aryl methyl sites for hydroxylation is 1. The standard InChI is InChI=1S/C56H58N8O6S/c1-33-39(40-21-23-49(58-52(40)55(68)69)64-29-26-35-9-5-11-41(44(35)32-64)53(66)60-56-57-45-12-3-4-14-48(45)71-56)10-6-13-47(33)70-38-18-15-34(16-19-38)8-7-27-63-28-25-37(31-63)36-17-20-42-46(30-36)62(2)61-51(42)43-22-24-50(65)59-54(43)67/h3-6,9-14,17,20-21,23,30,34,37-38,43H,7-8,15-16,18-19,22,24-29,31-32H2,1-2H3,(H,68,69)(H,57,60,66)(H,59,65,67)/t34?,37-,38?,43?/m0/s1. The second-order valence-electron chi connectivity index (χ2n) is 19.8. The molecule has 3 N–H and O–H groups in total. The Bertz CT molecular complexity index is 3180. The third-order valence-electron chi connectivity index (χ3n) is 15.4. The first-order valence-corrected chi connectivity index (χ1v) is 25.9. The highest BCUT2D eigenvalue weighted by atomic mass is 32.1. The van der Waals surface area contributed by atoms with Gasteiger partial charge in [0.15, 0.2) is 10.8 Å². The number of anilines is 2. The predicted octanol–water partition coefficient (Wildman–Crippen LogP) is 9.79. The Kier molecular flexibility index (Phi) is 12.9. The number of benzene rings is 4. The minimum Gasteiger partial charge on any atom is -0.490 e. The van der Waals surface area contributed by atoms with Crippen LogP contribution in [0.4, 0.5) is 10.9 Å². The van der Waals surface area contributed by atoms with E-state index in [1.165, 1.54) is 29.7 Å². The number of piperidine rings is 1. The number of hydrogen-bond acceptors (Lipinski definition) is 11. The van der Waals surface area contributed by atoms with E-state index in [-0.39, 0.29) is 29.5 Å². The van der Waals surface area contributed by atoms with Gasteiger partial charge in [-0.1, -0.05) is 59.9 Å². The molecular formula is C56H58N8O6S. The highest BCUT2D eigenvalue weighted by Gasteiger charge is 2.33. The number of para-hydroxylation sites is 1. The van der Waals surface area contributed by atoms with Gasteiger partial charge in [-0.05, 0) is 160 Å². The van der Waals surface area contributed by atoms with Crippen molar-refractivity contribution in [2.45, 2.75) is 95.6 Å². The van der Waals surface area contributed by atoms with E-state index in [9.17, 15) is 24.3 Å². The lowest BCUT2D eigenvalue weighted by Gasteiger charge is -2.31. The number of aromatic nitrogens is 4. The fraction of sp³-hybridized carbons (Fsp3) is 0.375. The minimum atomic E-state index is -1.10. The van der Waals surface area contributed by atoms with Crippen LogP contribution < -0.4 is 20.3 Å². The van der Waals surface area contributed by atoms with Crippen LogP contribution in [0.5, 0.6) is 5.75 Å². The van der Waals surface area contributed by atoms with Crippen LogP contribution in [0, 0.1) is 12.8 Å². The number of carbonyl (C=O) groups is 4. The molecule has 0 bridgehead atoms. The Morgan fingerprint density at radius 3 is 2.56 bits per heavy atom. The van der Waals surface area contributed by atoms with E-state index in [2.05, 4.69) is 38.7 Å². The molecule has 6 heterocycles. The lowest BCUT2D eigenvalue weighted by molar-refractivity contribution is -0.134. The molecule has 3 aromatic heterocycles. The number of likely N-dealkylation sites (tertiary alicyclic amines) is 1. The number of pyridine rings is 1. The number of thiazole rings is 1. The van der Waals surface area contributed by atoms with Crippen molar-refractivity contribution in [3.63, 3.8) is 0 Å². The monoisotopic (exact) mass is 970 g/mol. The summed E-state index contributed by atoms with van der Waals surface area (Å²) in [7, 11) is 1.93. The first-order chi connectivity index (χ1) is 34.5. The summed E-state index contributed by atoms with van der Waals surface area (Å²) in [5.74, 6) is 0.262. The molecule has 7 aromatic rings. The summed E-state index contributed by atoms with van der Waals surface area (Å²) in [6.45, 7) is 6.27. The van der Waals surface area contributed by atoms with Gasteiger partial charge in [-0.2, -0.15) is 5.10 Å². The van der Waals surface area contributed by atoms with Crippen LogP contribution in [0.15, 0.2) is 91.0 Å². The van der Waals surface area contributed by atoms with Crippen molar-refractivity contribution in [3.05, 3.63) is 130 Å². The fourth-order valence-electron chi connectivity index (χ4n) is 11.5. The van der Waals surface area contributed by atoms with Gasteiger partial charge in [-0.3, -0.25) is 29.7 Å². The van der Waals surface area contributed by atoms with E-state index in [0.29, 0.717) is 66.3 Å². The number of carboxylic acids is 1. The zero-order valence-electron chi connectivity index (χ0n) is 40.2. The van der Waals surface area contributed by atoms with E-state index in [1.807, 2.05) is 96.3 Å². The molecule has 3 amide bonds.